The van der Waals surface area contributed by atoms with Gasteiger partial charge in [0.1, 0.15) is 5.57 Å². The summed E-state index contributed by atoms with van der Waals surface area (Å²) in [6.07, 6.45) is -3.44. The second-order valence-electron chi connectivity index (χ2n) is 5.12. The van der Waals surface area contributed by atoms with Crippen LogP contribution in [-0.4, -0.2) is 16.7 Å². The fourth-order valence-corrected chi connectivity index (χ4v) is 2.99. The number of hydrazine groups is 1. The highest BCUT2D eigenvalue weighted by molar-refractivity contribution is 7.16. The zero-order valence-electron chi connectivity index (χ0n) is 12.6. The molecule has 7 nitrogen and oxygen atoms in total. The number of anilines is 1. The first-order valence-electron chi connectivity index (χ1n) is 6.95. The molecule has 0 atom stereocenters. The van der Waals surface area contributed by atoms with E-state index in [1.165, 1.54) is 18.2 Å². The van der Waals surface area contributed by atoms with Crippen LogP contribution >= 0.6 is 11.3 Å². The minimum absolute atomic E-state index is 0.154. The summed E-state index contributed by atoms with van der Waals surface area (Å²) < 4.78 is 38.4. The number of halogens is 3. The van der Waals surface area contributed by atoms with Crippen molar-refractivity contribution in [2.24, 2.45) is 0 Å². The average molecular weight is 383 g/mol. The topological polar surface area (TPSA) is 92.6 Å². The van der Waals surface area contributed by atoms with E-state index < -0.39 is 28.5 Å². The van der Waals surface area contributed by atoms with Gasteiger partial charge in [0.2, 0.25) is 0 Å². The summed E-state index contributed by atoms with van der Waals surface area (Å²) in [5.41, 5.74) is 0.721. The van der Waals surface area contributed by atoms with Crippen molar-refractivity contribution in [3.63, 3.8) is 0 Å². The van der Waals surface area contributed by atoms with Gasteiger partial charge >= 0.3 is 11.2 Å². The van der Waals surface area contributed by atoms with Crippen LogP contribution in [0.5, 0.6) is 0 Å². The van der Waals surface area contributed by atoms with Gasteiger partial charge in [-0.3, -0.25) is 25.1 Å². The third-order valence-electron chi connectivity index (χ3n) is 3.40. The number of benzene rings is 1. The van der Waals surface area contributed by atoms with E-state index in [1.54, 1.807) is 0 Å². The number of amides is 2. The third-order valence-corrected chi connectivity index (χ3v) is 4.39. The summed E-state index contributed by atoms with van der Waals surface area (Å²) in [6, 6.07) is 6.51. The zero-order chi connectivity index (χ0) is 19.1. The molecule has 11 heteroatoms. The number of rotatable bonds is 3. The third kappa shape index (κ3) is 3.28. The number of nitro groups is 1. The Hall–Kier alpha value is -3.21. The zero-order valence-corrected chi connectivity index (χ0v) is 13.4. The molecule has 1 aromatic heterocycles. The summed E-state index contributed by atoms with van der Waals surface area (Å²) in [4.78, 5) is 34.7. The van der Waals surface area contributed by atoms with Gasteiger partial charge in [0, 0.05) is 10.9 Å². The Morgan fingerprint density at radius 2 is 1.92 bits per heavy atom. The molecule has 1 fully saturated rings. The van der Waals surface area contributed by atoms with E-state index in [1.807, 2.05) is 0 Å². The maximum absolute atomic E-state index is 12.8. The smallest absolute Gasteiger partial charge is 0.267 e. The maximum Gasteiger partial charge on any atom is 0.416 e. The van der Waals surface area contributed by atoms with Crippen LogP contribution in [0.1, 0.15) is 10.4 Å². The van der Waals surface area contributed by atoms with E-state index in [4.69, 9.17) is 0 Å². The highest BCUT2D eigenvalue weighted by atomic mass is 32.1. The Morgan fingerprint density at radius 3 is 2.54 bits per heavy atom. The quantitative estimate of drug-likeness (QED) is 0.381. The Kier molecular flexibility index (Phi) is 4.24. The highest BCUT2D eigenvalue weighted by Crippen LogP contribution is 2.33. The monoisotopic (exact) mass is 383 g/mol. The first-order chi connectivity index (χ1) is 12.2. The SMILES string of the molecule is O=C1NN(c2cccc(C(F)(F)F)c2)C(=O)/C1=C/c1ccc([N+](=O)[O-])s1. The number of hydrogen-bond acceptors (Lipinski definition) is 5. The molecule has 1 aliphatic heterocycles. The molecule has 2 amide bonds. The standard InChI is InChI=1S/C15H8F3N3O4S/c16-15(17,18)8-2-1-3-9(6-8)20-14(23)11(13(22)19-20)7-10-4-5-12(26-10)21(24)25/h1-7H,(H,19,22)/b11-7+. The van der Waals surface area contributed by atoms with Crippen molar-refractivity contribution in [2.75, 3.05) is 5.01 Å². The van der Waals surface area contributed by atoms with Crippen LogP contribution in [0.3, 0.4) is 0 Å². The van der Waals surface area contributed by atoms with E-state index in [2.05, 4.69) is 5.43 Å². The summed E-state index contributed by atoms with van der Waals surface area (Å²) in [5, 5.41) is 11.2. The van der Waals surface area contributed by atoms with Gasteiger partial charge in [-0.25, -0.2) is 5.01 Å². The number of hydrogen-bond donors (Lipinski definition) is 1. The number of thiophene rings is 1. The molecule has 0 spiro atoms. The van der Waals surface area contributed by atoms with Crippen molar-refractivity contribution in [3.8, 4) is 0 Å². The van der Waals surface area contributed by atoms with Gasteiger partial charge in [-0.2, -0.15) is 13.2 Å². The maximum atomic E-state index is 12.8. The number of carbonyl (C=O) groups excluding carboxylic acids is 2. The summed E-state index contributed by atoms with van der Waals surface area (Å²) >= 11 is 0.760. The Balaban J connectivity index is 1.92. The Bertz CT molecular complexity index is 952. The van der Waals surface area contributed by atoms with Crippen LogP contribution in [0.25, 0.3) is 6.08 Å². The minimum atomic E-state index is -4.60. The fraction of sp³-hybridized carbons (Fsp3) is 0.0667. The van der Waals surface area contributed by atoms with Crippen LogP contribution in [0.15, 0.2) is 42.0 Å². The summed E-state index contributed by atoms with van der Waals surface area (Å²) in [6.45, 7) is 0. The molecule has 0 bridgehead atoms. The van der Waals surface area contributed by atoms with E-state index in [9.17, 15) is 32.9 Å². The number of nitrogens with zero attached hydrogens (tertiary/aromatic N) is 2. The highest BCUT2D eigenvalue weighted by Gasteiger charge is 2.36. The van der Waals surface area contributed by atoms with Gasteiger partial charge in [0.15, 0.2) is 0 Å². The Morgan fingerprint density at radius 1 is 1.19 bits per heavy atom. The lowest BCUT2D eigenvalue weighted by Crippen LogP contribution is -2.35. The predicted octanol–water partition coefficient (Wildman–Crippen LogP) is 3.14. The van der Waals surface area contributed by atoms with Crippen LogP contribution in [0.4, 0.5) is 23.9 Å². The van der Waals surface area contributed by atoms with Crippen molar-refractivity contribution in [1.82, 2.24) is 5.43 Å². The second-order valence-corrected chi connectivity index (χ2v) is 6.21. The van der Waals surface area contributed by atoms with E-state index in [0.717, 1.165) is 35.6 Å². The van der Waals surface area contributed by atoms with E-state index >= 15 is 0 Å². The van der Waals surface area contributed by atoms with Gasteiger partial charge < -0.3 is 0 Å². The average Bonchev–Trinajstić information content (AvgIpc) is 3.15. The minimum Gasteiger partial charge on any atom is -0.267 e. The largest absolute Gasteiger partial charge is 0.416 e. The van der Waals surface area contributed by atoms with Crippen molar-refractivity contribution in [1.29, 1.82) is 0 Å². The lowest BCUT2D eigenvalue weighted by atomic mass is 10.1. The molecule has 26 heavy (non-hydrogen) atoms. The van der Waals surface area contributed by atoms with Gasteiger partial charge in [0.25, 0.3) is 11.8 Å². The molecule has 1 N–H and O–H groups in total. The Labute approximate surface area is 147 Å². The molecule has 1 aromatic carbocycles. The van der Waals surface area contributed by atoms with Gasteiger partial charge in [-0.05, 0) is 30.3 Å². The normalized spacial score (nSPS) is 16.3. The van der Waals surface area contributed by atoms with E-state index in [0.29, 0.717) is 9.89 Å². The van der Waals surface area contributed by atoms with Crippen LogP contribution in [0.2, 0.25) is 0 Å². The molecule has 0 saturated carbocycles. The molecule has 3 rings (SSSR count). The van der Waals surface area contributed by atoms with Crippen LogP contribution in [0, 0.1) is 10.1 Å². The molecule has 134 valence electrons. The lowest BCUT2D eigenvalue weighted by Gasteiger charge is -2.16. The van der Waals surface area contributed by atoms with Gasteiger partial charge in [0.05, 0.1) is 16.2 Å². The number of nitrogens with one attached hydrogen (secondary N) is 1. The summed E-state index contributed by atoms with van der Waals surface area (Å²) in [5.74, 6) is -1.67. The molecule has 2 aromatic rings. The van der Waals surface area contributed by atoms with Crippen molar-refractivity contribution in [2.45, 2.75) is 6.18 Å². The molecule has 1 aliphatic rings. The molecular formula is C15H8F3N3O4S. The molecule has 0 radical (unpaired) electrons. The van der Waals surface area contributed by atoms with Crippen molar-refractivity contribution in [3.05, 3.63) is 62.5 Å². The lowest BCUT2D eigenvalue weighted by molar-refractivity contribution is -0.380. The molecule has 0 aliphatic carbocycles. The number of alkyl halides is 3. The van der Waals surface area contributed by atoms with Gasteiger partial charge in [-0.1, -0.05) is 17.4 Å². The predicted molar refractivity (Wildman–Crippen MR) is 86.0 cm³/mol. The molecule has 2 heterocycles. The first kappa shape index (κ1) is 17.6. The molecular weight excluding hydrogens is 375 g/mol. The van der Waals surface area contributed by atoms with Crippen LogP contribution in [-0.2, 0) is 15.8 Å². The molecule has 1 saturated heterocycles. The van der Waals surface area contributed by atoms with Crippen LogP contribution < -0.4 is 10.4 Å². The van der Waals surface area contributed by atoms with Gasteiger partial charge in [-0.15, -0.1) is 0 Å². The second kappa shape index (κ2) is 6.26. The fourth-order valence-electron chi connectivity index (χ4n) is 2.22. The first-order valence-corrected chi connectivity index (χ1v) is 7.77. The van der Waals surface area contributed by atoms with Crippen molar-refractivity contribution < 1.29 is 27.7 Å². The summed E-state index contributed by atoms with van der Waals surface area (Å²) in [7, 11) is 0. The van der Waals surface area contributed by atoms with Crippen molar-refractivity contribution >= 4 is 39.9 Å². The van der Waals surface area contributed by atoms with E-state index in [-0.39, 0.29) is 16.3 Å². The number of carbonyl (C=O) groups is 2. The molecule has 0 unspecified atom stereocenters.